The van der Waals surface area contributed by atoms with Crippen molar-refractivity contribution in [2.24, 2.45) is 0 Å². The van der Waals surface area contributed by atoms with Crippen LogP contribution in [0.25, 0.3) is 10.9 Å². The van der Waals surface area contributed by atoms with E-state index in [1.807, 2.05) is 6.20 Å². The van der Waals surface area contributed by atoms with Crippen LogP contribution in [-0.2, 0) is 6.42 Å². The van der Waals surface area contributed by atoms with Crippen LogP contribution in [0.4, 0.5) is 0 Å². The van der Waals surface area contributed by atoms with E-state index in [0.29, 0.717) is 4.83 Å². The molecule has 1 heterocycles. The first-order valence-corrected chi connectivity index (χ1v) is 5.38. The first-order chi connectivity index (χ1) is 6.27. The van der Waals surface area contributed by atoms with E-state index in [-0.39, 0.29) is 0 Å². The van der Waals surface area contributed by atoms with Crippen LogP contribution in [0.15, 0.2) is 30.5 Å². The summed E-state index contributed by atoms with van der Waals surface area (Å²) in [7, 11) is 0. The summed E-state index contributed by atoms with van der Waals surface area (Å²) in [6.45, 7) is 2.17. The molecule has 1 N–H and O–H groups in total. The zero-order chi connectivity index (χ0) is 9.26. The molecule has 1 aromatic carbocycles. The normalized spacial score (nSPS) is 13.4. The first-order valence-electron chi connectivity index (χ1n) is 4.46. The lowest BCUT2D eigenvalue weighted by Gasteiger charge is -2.04. The van der Waals surface area contributed by atoms with Gasteiger partial charge in [-0.1, -0.05) is 35.0 Å². The summed E-state index contributed by atoms with van der Waals surface area (Å²) in [5, 5.41) is 1.34. The Labute approximate surface area is 86.3 Å². The summed E-state index contributed by atoms with van der Waals surface area (Å²) in [5.74, 6) is 0. The number of hydrogen-bond acceptors (Lipinski definition) is 0. The third-order valence-corrected chi connectivity index (χ3v) is 2.51. The van der Waals surface area contributed by atoms with Gasteiger partial charge in [-0.05, 0) is 24.1 Å². The lowest BCUT2D eigenvalue weighted by atomic mass is 10.1. The van der Waals surface area contributed by atoms with Crippen molar-refractivity contribution in [3.8, 4) is 0 Å². The van der Waals surface area contributed by atoms with Crippen LogP contribution in [0, 0.1) is 0 Å². The number of rotatable bonds is 2. The standard InChI is InChI=1S/C11H12BrN/c1-8(12)7-9-3-2-4-11-10(9)5-6-13-11/h2-6,8,13H,7H2,1H3. The van der Waals surface area contributed by atoms with Crippen LogP contribution in [0.3, 0.4) is 0 Å². The molecule has 0 bridgehead atoms. The molecule has 68 valence electrons. The Morgan fingerprint density at radius 3 is 3.00 bits per heavy atom. The minimum atomic E-state index is 0.535. The van der Waals surface area contributed by atoms with Crippen molar-refractivity contribution in [2.75, 3.05) is 0 Å². The monoisotopic (exact) mass is 237 g/mol. The molecule has 0 aliphatic carbocycles. The highest BCUT2D eigenvalue weighted by Crippen LogP contribution is 2.20. The number of aromatic amines is 1. The highest BCUT2D eigenvalue weighted by atomic mass is 79.9. The molecule has 2 rings (SSSR count). The molecule has 2 aromatic rings. The van der Waals surface area contributed by atoms with E-state index in [2.05, 4.69) is 52.1 Å². The molecule has 0 aliphatic rings. The topological polar surface area (TPSA) is 15.8 Å². The zero-order valence-corrected chi connectivity index (χ0v) is 9.14. The van der Waals surface area contributed by atoms with Crippen molar-refractivity contribution in [3.05, 3.63) is 36.0 Å². The minimum absolute atomic E-state index is 0.535. The number of hydrogen-bond donors (Lipinski definition) is 1. The van der Waals surface area contributed by atoms with Gasteiger partial charge in [-0.25, -0.2) is 0 Å². The van der Waals surface area contributed by atoms with E-state index in [9.17, 15) is 0 Å². The molecule has 0 fully saturated rings. The minimum Gasteiger partial charge on any atom is -0.361 e. The Kier molecular flexibility index (Phi) is 2.40. The average Bonchev–Trinajstić information content (AvgIpc) is 2.51. The second kappa shape index (κ2) is 3.54. The predicted octanol–water partition coefficient (Wildman–Crippen LogP) is 3.49. The lowest BCUT2D eigenvalue weighted by Crippen LogP contribution is -1.96. The van der Waals surface area contributed by atoms with Crippen LogP contribution in [0.2, 0.25) is 0 Å². The van der Waals surface area contributed by atoms with E-state index in [1.54, 1.807) is 0 Å². The lowest BCUT2D eigenvalue weighted by molar-refractivity contribution is 0.969. The number of aromatic nitrogens is 1. The van der Waals surface area contributed by atoms with Crippen LogP contribution in [0.5, 0.6) is 0 Å². The van der Waals surface area contributed by atoms with Gasteiger partial charge >= 0.3 is 0 Å². The van der Waals surface area contributed by atoms with Crippen molar-refractivity contribution >= 4 is 26.8 Å². The molecule has 2 heteroatoms. The SMILES string of the molecule is CC(Br)Cc1cccc2[nH]ccc12. The molecule has 0 aliphatic heterocycles. The number of H-pyrrole nitrogens is 1. The van der Waals surface area contributed by atoms with Crippen LogP contribution >= 0.6 is 15.9 Å². The predicted molar refractivity (Wildman–Crippen MR) is 60.4 cm³/mol. The Morgan fingerprint density at radius 2 is 2.23 bits per heavy atom. The fourth-order valence-electron chi connectivity index (χ4n) is 1.63. The number of alkyl halides is 1. The number of nitrogens with one attached hydrogen (secondary N) is 1. The van der Waals surface area contributed by atoms with E-state index in [0.717, 1.165) is 6.42 Å². The second-order valence-electron chi connectivity index (χ2n) is 3.34. The summed E-state index contributed by atoms with van der Waals surface area (Å²) in [6.07, 6.45) is 3.07. The zero-order valence-electron chi connectivity index (χ0n) is 7.55. The van der Waals surface area contributed by atoms with E-state index < -0.39 is 0 Å². The molecule has 1 atom stereocenters. The average molecular weight is 238 g/mol. The van der Waals surface area contributed by atoms with Crippen molar-refractivity contribution in [2.45, 2.75) is 18.2 Å². The summed E-state index contributed by atoms with van der Waals surface area (Å²) < 4.78 is 0. The van der Waals surface area contributed by atoms with E-state index in [1.165, 1.54) is 16.5 Å². The van der Waals surface area contributed by atoms with Crippen molar-refractivity contribution in [3.63, 3.8) is 0 Å². The summed E-state index contributed by atoms with van der Waals surface area (Å²) >= 11 is 3.57. The number of fused-ring (bicyclic) bond motifs is 1. The molecule has 0 saturated heterocycles. The van der Waals surface area contributed by atoms with Gasteiger partial charge in [-0.15, -0.1) is 0 Å². The van der Waals surface area contributed by atoms with Crippen LogP contribution < -0.4 is 0 Å². The van der Waals surface area contributed by atoms with Gasteiger partial charge in [0.05, 0.1) is 0 Å². The maximum Gasteiger partial charge on any atom is 0.0456 e. The molecule has 0 radical (unpaired) electrons. The third kappa shape index (κ3) is 1.78. The quantitative estimate of drug-likeness (QED) is 0.771. The smallest absolute Gasteiger partial charge is 0.0456 e. The fourth-order valence-corrected chi connectivity index (χ4v) is 1.98. The van der Waals surface area contributed by atoms with Crippen LogP contribution in [0.1, 0.15) is 12.5 Å². The Morgan fingerprint density at radius 1 is 1.38 bits per heavy atom. The molecule has 13 heavy (non-hydrogen) atoms. The number of halogens is 1. The second-order valence-corrected chi connectivity index (χ2v) is 4.90. The molecule has 1 unspecified atom stereocenters. The van der Waals surface area contributed by atoms with Gasteiger partial charge < -0.3 is 4.98 Å². The molecule has 1 aromatic heterocycles. The fraction of sp³-hybridized carbons (Fsp3) is 0.273. The molecular formula is C11H12BrN. The van der Waals surface area contributed by atoms with Gasteiger partial charge in [-0.2, -0.15) is 0 Å². The maximum atomic E-state index is 3.57. The molecule has 0 amide bonds. The van der Waals surface area contributed by atoms with Gasteiger partial charge in [0.15, 0.2) is 0 Å². The van der Waals surface area contributed by atoms with E-state index >= 15 is 0 Å². The number of benzene rings is 1. The Hall–Kier alpha value is -0.760. The highest BCUT2D eigenvalue weighted by Gasteiger charge is 2.03. The van der Waals surface area contributed by atoms with Crippen LogP contribution in [-0.4, -0.2) is 9.81 Å². The third-order valence-electron chi connectivity index (χ3n) is 2.19. The Balaban J connectivity index is 2.48. The first kappa shape index (κ1) is 8.82. The van der Waals surface area contributed by atoms with Gasteiger partial charge in [0.25, 0.3) is 0 Å². The molecule has 0 saturated carbocycles. The van der Waals surface area contributed by atoms with Gasteiger partial charge in [0, 0.05) is 21.9 Å². The molecular weight excluding hydrogens is 226 g/mol. The maximum absolute atomic E-state index is 3.57. The van der Waals surface area contributed by atoms with Gasteiger partial charge in [0.1, 0.15) is 0 Å². The molecule has 1 nitrogen and oxygen atoms in total. The highest BCUT2D eigenvalue weighted by molar-refractivity contribution is 9.09. The Bertz CT molecular complexity index is 403. The van der Waals surface area contributed by atoms with E-state index in [4.69, 9.17) is 0 Å². The largest absolute Gasteiger partial charge is 0.361 e. The van der Waals surface area contributed by atoms with Gasteiger partial charge in [0.2, 0.25) is 0 Å². The van der Waals surface area contributed by atoms with Gasteiger partial charge in [-0.3, -0.25) is 0 Å². The van der Waals surface area contributed by atoms with Crippen molar-refractivity contribution in [1.82, 2.24) is 4.98 Å². The van der Waals surface area contributed by atoms with Crippen molar-refractivity contribution < 1.29 is 0 Å². The summed E-state index contributed by atoms with van der Waals surface area (Å²) in [5.41, 5.74) is 2.63. The summed E-state index contributed by atoms with van der Waals surface area (Å²) in [6, 6.07) is 8.54. The molecule has 0 spiro atoms. The summed E-state index contributed by atoms with van der Waals surface area (Å²) in [4.78, 5) is 3.75. The van der Waals surface area contributed by atoms with Crippen molar-refractivity contribution in [1.29, 1.82) is 0 Å².